The lowest BCUT2D eigenvalue weighted by Gasteiger charge is -2.33. The summed E-state index contributed by atoms with van der Waals surface area (Å²) in [5.41, 5.74) is 11.5. The molecule has 96 heavy (non-hydrogen) atoms. The van der Waals surface area contributed by atoms with Gasteiger partial charge >= 0.3 is 0 Å². The summed E-state index contributed by atoms with van der Waals surface area (Å²) in [6, 6.07) is 37.7. The van der Waals surface area contributed by atoms with Crippen molar-refractivity contribution in [1.82, 2.24) is 15.6 Å². The fourth-order valence-electron chi connectivity index (χ4n) is 16.4. The lowest BCUT2D eigenvalue weighted by molar-refractivity contribution is -0.142. The molecule has 2 aliphatic heterocycles. The molecular weight excluding hydrogens is 1200 g/mol. The number of hydrogen-bond acceptors (Lipinski definition) is 13. The van der Waals surface area contributed by atoms with Crippen molar-refractivity contribution < 1.29 is 50.1 Å². The minimum Gasteiger partial charge on any atom is -0.508 e. The Morgan fingerprint density at radius 2 is 1.55 bits per heavy atom. The number of Topliss-reactive ketones (excluding diaryl/α,β-unsaturated/α-hetero) is 2. The van der Waals surface area contributed by atoms with Crippen LogP contribution in [0, 0.1) is 53.3 Å². The Kier molecular flexibility index (Phi) is 21.3. The number of aliphatic hydroxyl groups is 4. The number of rotatable bonds is 10. The van der Waals surface area contributed by atoms with Crippen LogP contribution in [0.4, 0.5) is 5.69 Å². The van der Waals surface area contributed by atoms with Gasteiger partial charge in [-0.05, 0) is 197 Å². The highest BCUT2D eigenvalue weighted by Crippen LogP contribution is 2.48. The topological polar surface area (TPSA) is 237 Å². The van der Waals surface area contributed by atoms with E-state index in [1.807, 2.05) is 66.9 Å². The number of phenols is 3. The molecule has 7 aromatic rings. The molecule has 1 aromatic heterocycles. The lowest BCUT2D eigenvalue weighted by atomic mass is 9.72. The molecule has 12 rings (SSSR count). The molecule has 11 N–H and O–H groups in total. The molecule has 0 unspecified atom stereocenters. The normalized spacial score (nSPS) is 26.7. The van der Waals surface area contributed by atoms with E-state index in [0.29, 0.717) is 98.6 Å². The number of nitrogens with one attached hydrogen (secondary N) is 4. The number of hydrogen-bond donors (Lipinski definition) is 11. The van der Waals surface area contributed by atoms with E-state index in [4.69, 9.17) is 4.74 Å². The highest BCUT2D eigenvalue weighted by molar-refractivity contribution is 6.06. The largest absolute Gasteiger partial charge is 0.508 e. The Morgan fingerprint density at radius 1 is 0.740 bits per heavy atom. The highest BCUT2D eigenvalue weighted by atomic mass is 16.5. The van der Waals surface area contributed by atoms with Crippen LogP contribution >= 0.6 is 0 Å². The molecule has 14 heteroatoms. The highest BCUT2D eigenvalue weighted by Gasteiger charge is 2.44. The van der Waals surface area contributed by atoms with Crippen LogP contribution in [-0.2, 0) is 48.3 Å². The molecule has 3 heterocycles. The lowest BCUT2D eigenvalue weighted by Crippen LogP contribution is -2.40. The average Bonchev–Trinajstić information content (AvgIpc) is 1.70. The van der Waals surface area contributed by atoms with Crippen molar-refractivity contribution in [2.45, 2.75) is 147 Å². The number of benzene rings is 6. The number of carbonyl (C=O) groups is 2. The van der Waals surface area contributed by atoms with Gasteiger partial charge in [-0.2, -0.15) is 0 Å². The van der Waals surface area contributed by atoms with Crippen molar-refractivity contribution in [2.24, 2.45) is 41.4 Å². The van der Waals surface area contributed by atoms with Crippen LogP contribution in [0.2, 0.25) is 0 Å². The molecular formula is C82H94N4O10. The molecule has 5 aliphatic rings. The first-order chi connectivity index (χ1) is 46.5. The van der Waals surface area contributed by atoms with Gasteiger partial charge in [0.25, 0.3) is 0 Å². The standard InChI is InChI=1S/C82H94N4O10/c1-5-12-66-60-33-52(30-51-27-28-84-79(34-51)86-73-42-71-57(36-61(73)31-50-13-7-6-8-14-50)21-22-59(80(71)93)38-64(88)46-83-44-49(3)62-37-63(85-45-62)41-76(66)91)32-56-23-25-68(69-43-77(92)78(96-4)40-58(69)24-26-75(90)82(95)81(94)70(56)39-60)67-17-10-9-16-65(67)55-20-19-53(48(2)29-55)35-54-15-11-18-74(89)72(54)47-87/h6-11,13-22,27,34,36-37,40,42-43,45,48-49,52-53,55-56,60,64,66,68,70,76,82-89,91-93,95H,5,12,24,26,28-33,35,38-39,41,44,46-47H2,1-4H3/t48-,49+,52+,53+,55-,56+,60+,64+,66-,68-,70+,76-,82+/m1/s1. The van der Waals surface area contributed by atoms with Crippen molar-refractivity contribution in [3.63, 3.8) is 0 Å². The summed E-state index contributed by atoms with van der Waals surface area (Å²) in [6.07, 6.45) is 13.6. The number of aryl methyl sites for hydroxylation is 1. The first-order valence-corrected chi connectivity index (χ1v) is 34.8. The number of allylic oxidation sites excluding steroid dienone is 4. The predicted molar refractivity (Wildman–Crippen MR) is 377 cm³/mol. The van der Waals surface area contributed by atoms with E-state index in [2.05, 4.69) is 114 Å². The van der Waals surface area contributed by atoms with E-state index in [0.717, 1.165) is 74.4 Å². The van der Waals surface area contributed by atoms with Gasteiger partial charge in [-0.15, -0.1) is 0 Å². The second-order valence-corrected chi connectivity index (χ2v) is 28.1. The van der Waals surface area contributed by atoms with Gasteiger partial charge in [0.05, 0.1) is 31.8 Å². The number of phenolic OH excluding ortho intramolecular Hbond substituents is 2. The van der Waals surface area contributed by atoms with Crippen LogP contribution in [0.3, 0.4) is 0 Å². The SMILES string of the molecule is CCC[C@@H]1[C@H]2C[C@@H](CC3=CCNC(=C3)Nc3cc4c(O)c(ccc4cc3Cc3ccccc3)C[C@H](O)CNC[C@H](C)c3c[nH]c(c3)C[C@H]1O)C[C@@H]1C#C[C@H](c3ccccc3[C@@H]3C=C[C@@H](Cc4cccc(O)c4CO)[C@H](C)C3)c3cc(O)c(OC)cc3CCC(=O)[C@H](O)C(=O)[C@H]1C2. The first kappa shape index (κ1) is 67.6. The van der Waals surface area contributed by atoms with Gasteiger partial charge in [0.1, 0.15) is 17.3 Å². The molecule has 0 saturated heterocycles. The minimum absolute atomic E-state index is 0.0289. The summed E-state index contributed by atoms with van der Waals surface area (Å²) in [5.74, 6) is 5.32. The maximum Gasteiger partial charge on any atom is 0.173 e. The number of aromatic nitrogens is 1. The number of dihydropyridines is 1. The van der Waals surface area contributed by atoms with E-state index < -0.39 is 47.6 Å². The molecule has 0 radical (unpaired) electrons. The molecule has 0 spiro atoms. The van der Waals surface area contributed by atoms with E-state index in [9.17, 15) is 40.5 Å². The van der Waals surface area contributed by atoms with Gasteiger partial charge in [-0.25, -0.2) is 0 Å². The van der Waals surface area contributed by atoms with Crippen molar-refractivity contribution >= 4 is 28.0 Å². The third-order valence-electron chi connectivity index (χ3n) is 21.6. The average molecular weight is 1300 g/mol. The molecule has 0 amide bonds. The fourth-order valence-corrected chi connectivity index (χ4v) is 16.4. The third-order valence-corrected chi connectivity index (χ3v) is 21.6. The van der Waals surface area contributed by atoms with Gasteiger partial charge < -0.3 is 61.4 Å². The second kappa shape index (κ2) is 30.3. The Hall–Kier alpha value is -8.42. The van der Waals surface area contributed by atoms with Crippen molar-refractivity contribution in [1.29, 1.82) is 0 Å². The van der Waals surface area contributed by atoms with E-state index in [-0.39, 0.29) is 90.3 Å². The van der Waals surface area contributed by atoms with Gasteiger partial charge in [-0.1, -0.05) is 136 Å². The second-order valence-electron chi connectivity index (χ2n) is 28.1. The van der Waals surface area contributed by atoms with E-state index >= 15 is 4.79 Å². The van der Waals surface area contributed by atoms with Gasteiger partial charge in [-0.3, -0.25) is 9.59 Å². The Morgan fingerprint density at radius 3 is 2.34 bits per heavy atom. The van der Waals surface area contributed by atoms with Crippen LogP contribution in [0.15, 0.2) is 157 Å². The number of aromatic hydroxyl groups is 3. The Balaban J connectivity index is 0.965. The van der Waals surface area contributed by atoms with Crippen LogP contribution in [0.5, 0.6) is 23.0 Å². The quantitative estimate of drug-likeness (QED) is 0.0348. The van der Waals surface area contributed by atoms with E-state index in [1.54, 1.807) is 18.2 Å². The maximum atomic E-state index is 15.6. The zero-order valence-corrected chi connectivity index (χ0v) is 55.7. The number of ketones is 2. The van der Waals surface area contributed by atoms with Crippen molar-refractivity contribution in [3.05, 3.63) is 218 Å². The summed E-state index contributed by atoms with van der Waals surface area (Å²) in [4.78, 5) is 33.6. The number of aromatic amines is 1. The summed E-state index contributed by atoms with van der Waals surface area (Å²) in [7, 11) is 1.49. The number of ether oxygens (including phenoxy) is 1. The maximum absolute atomic E-state index is 15.6. The Labute approximate surface area is 564 Å². The van der Waals surface area contributed by atoms with Gasteiger partial charge in [0.2, 0.25) is 0 Å². The van der Waals surface area contributed by atoms with Crippen LogP contribution in [0.1, 0.15) is 151 Å². The van der Waals surface area contributed by atoms with Crippen LogP contribution < -0.4 is 20.7 Å². The zero-order chi connectivity index (χ0) is 67.1. The number of aliphatic hydroxyl groups excluding tert-OH is 4. The van der Waals surface area contributed by atoms with Crippen molar-refractivity contribution in [2.75, 3.05) is 32.1 Å². The summed E-state index contributed by atoms with van der Waals surface area (Å²) >= 11 is 0. The summed E-state index contributed by atoms with van der Waals surface area (Å²) in [5, 5.41) is 93.4. The molecule has 13 atom stereocenters. The number of carbonyl (C=O) groups excluding carboxylic acids is 2. The van der Waals surface area contributed by atoms with Gasteiger partial charge in [0.15, 0.2) is 29.2 Å². The van der Waals surface area contributed by atoms with E-state index in [1.165, 1.54) is 7.11 Å². The molecule has 6 aromatic carbocycles. The number of β-amino-alcohol motifs (C(OH)–C–C–N with tert-alkyl or cyclic N) is 1. The minimum atomic E-state index is -1.90. The predicted octanol–water partition coefficient (Wildman–Crippen LogP) is 12.6. The summed E-state index contributed by atoms with van der Waals surface area (Å²) < 4.78 is 5.70. The monoisotopic (exact) mass is 1290 g/mol. The van der Waals surface area contributed by atoms with Crippen LogP contribution in [-0.4, -0.2) is 97.4 Å². The smallest absolute Gasteiger partial charge is 0.173 e. The van der Waals surface area contributed by atoms with Crippen LogP contribution in [0.25, 0.3) is 10.8 Å². The molecule has 1 saturated carbocycles. The van der Waals surface area contributed by atoms with Gasteiger partial charge in [0, 0.05) is 85.2 Å². The number of fused-ring (bicyclic) bond motifs is 9. The Bertz CT molecular complexity index is 4100. The number of H-pyrrole nitrogens is 1. The third kappa shape index (κ3) is 15.2. The summed E-state index contributed by atoms with van der Waals surface area (Å²) in [6.45, 7) is 7.67. The number of methoxy groups -OCH3 is 1. The first-order valence-electron chi connectivity index (χ1n) is 34.8. The molecule has 14 nitrogen and oxygen atoms in total. The zero-order valence-electron chi connectivity index (χ0n) is 55.7. The number of anilines is 1. The molecule has 502 valence electrons. The van der Waals surface area contributed by atoms with Crippen molar-refractivity contribution in [3.8, 4) is 34.8 Å². The molecule has 9 bridgehead atoms. The fraction of sp³-hybridized carbons (Fsp3) is 0.415. The molecule has 3 aliphatic carbocycles. The molecule has 1 fully saturated rings.